The van der Waals surface area contributed by atoms with Crippen molar-refractivity contribution in [2.45, 2.75) is 6.54 Å². The quantitative estimate of drug-likeness (QED) is 0.564. The van der Waals surface area contributed by atoms with E-state index in [-0.39, 0.29) is 29.9 Å². The Morgan fingerprint density at radius 1 is 1.03 bits per heavy atom. The Morgan fingerprint density at radius 3 is 2.62 bits per heavy atom. The molecule has 1 amide bonds. The van der Waals surface area contributed by atoms with Crippen molar-refractivity contribution in [2.75, 3.05) is 5.32 Å². The molecule has 4 aromatic rings. The molecule has 2 aromatic heterocycles. The van der Waals surface area contributed by atoms with E-state index in [1.165, 1.54) is 34.9 Å². The second-order valence-corrected chi connectivity index (χ2v) is 6.18. The minimum atomic E-state index is -0.428. The summed E-state index contributed by atoms with van der Waals surface area (Å²) < 4.78 is 19.9. The summed E-state index contributed by atoms with van der Waals surface area (Å²) in [5.41, 5.74) is 0.952. The number of nitrogens with one attached hydrogen (secondary N) is 1. The lowest BCUT2D eigenvalue weighted by Crippen LogP contribution is -2.28. The molecule has 0 fully saturated rings. The zero-order valence-corrected chi connectivity index (χ0v) is 15.1. The largest absolute Gasteiger partial charge is 0.332 e. The standard InChI is InChI=1S/C21H15FN4O3/c22-15-7-4-6-14(12-15)20-24-21(29-25-20)17-10-5-11-19(28)26(17)13-18(27)23-16-8-2-1-3-9-16/h1-12H,13H2,(H,23,27). The molecule has 0 spiro atoms. The Morgan fingerprint density at radius 2 is 1.83 bits per heavy atom. The third-order valence-corrected chi connectivity index (χ3v) is 4.14. The van der Waals surface area contributed by atoms with Crippen molar-refractivity contribution in [3.8, 4) is 23.0 Å². The fourth-order valence-electron chi connectivity index (χ4n) is 2.81. The number of benzene rings is 2. The van der Waals surface area contributed by atoms with Crippen LogP contribution in [0.15, 0.2) is 82.1 Å². The van der Waals surface area contributed by atoms with E-state index in [1.807, 2.05) is 6.07 Å². The van der Waals surface area contributed by atoms with Crippen molar-refractivity contribution in [3.63, 3.8) is 0 Å². The number of pyridine rings is 1. The number of anilines is 1. The van der Waals surface area contributed by atoms with Crippen molar-refractivity contribution in [2.24, 2.45) is 0 Å². The summed E-state index contributed by atoms with van der Waals surface area (Å²) >= 11 is 0. The maximum absolute atomic E-state index is 13.4. The smallest absolute Gasteiger partial charge is 0.274 e. The van der Waals surface area contributed by atoms with Gasteiger partial charge in [-0.2, -0.15) is 4.98 Å². The van der Waals surface area contributed by atoms with Gasteiger partial charge < -0.3 is 9.84 Å². The molecule has 0 bridgehead atoms. The van der Waals surface area contributed by atoms with Crippen LogP contribution in [0.3, 0.4) is 0 Å². The van der Waals surface area contributed by atoms with Crippen LogP contribution < -0.4 is 10.9 Å². The van der Waals surface area contributed by atoms with E-state index in [0.717, 1.165) is 0 Å². The van der Waals surface area contributed by atoms with E-state index in [9.17, 15) is 14.0 Å². The van der Waals surface area contributed by atoms with Crippen molar-refractivity contribution < 1.29 is 13.7 Å². The van der Waals surface area contributed by atoms with Gasteiger partial charge in [-0.3, -0.25) is 14.2 Å². The first-order valence-corrected chi connectivity index (χ1v) is 8.75. The van der Waals surface area contributed by atoms with Gasteiger partial charge in [-0.15, -0.1) is 0 Å². The molecule has 0 unspecified atom stereocenters. The zero-order chi connectivity index (χ0) is 20.2. The van der Waals surface area contributed by atoms with Crippen LogP contribution in [0, 0.1) is 5.82 Å². The summed E-state index contributed by atoms with van der Waals surface area (Å²) in [4.78, 5) is 29.0. The van der Waals surface area contributed by atoms with Gasteiger partial charge in [-0.25, -0.2) is 4.39 Å². The first kappa shape index (κ1) is 18.3. The summed E-state index contributed by atoms with van der Waals surface area (Å²) in [6.07, 6.45) is 0. The fraction of sp³-hybridized carbons (Fsp3) is 0.0476. The van der Waals surface area contributed by atoms with Crippen LogP contribution in [-0.4, -0.2) is 20.6 Å². The molecule has 2 heterocycles. The lowest BCUT2D eigenvalue weighted by molar-refractivity contribution is -0.116. The van der Waals surface area contributed by atoms with Crippen LogP contribution >= 0.6 is 0 Å². The van der Waals surface area contributed by atoms with Crippen LogP contribution in [0.1, 0.15) is 0 Å². The number of halogens is 1. The highest BCUT2D eigenvalue weighted by Crippen LogP contribution is 2.22. The lowest BCUT2D eigenvalue weighted by atomic mass is 10.2. The Labute approximate surface area is 164 Å². The van der Waals surface area contributed by atoms with Gasteiger partial charge in [-0.05, 0) is 30.3 Å². The van der Waals surface area contributed by atoms with Gasteiger partial charge in [0.05, 0.1) is 0 Å². The predicted octanol–water partition coefficient (Wildman–Crippen LogP) is 3.34. The molecule has 0 saturated heterocycles. The highest BCUT2D eigenvalue weighted by Gasteiger charge is 2.17. The molecule has 4 rings (SSSR count). The number of hydrogen-bond acceptors (Lipinski definition) is 5. The van der Waals surface area contributed by atoms with Gasteiger partial charge in [0.25, 0.3) is 11.4 Å². The van der Waals surface area contributed by atoms with Crippen molar-refractivity contribution in [3.05, 3.63) is 89.0 Å². The van der Waals surface area contributed by atoms with Crippen molar-refractivity contribution >= 4 is 11.6 Å². The lowest BCUT2D eigenvalue weighted by Gasteiger charge is -2.10. The highest BCUT2D eigenvalue weighted by atomic mass is 19.1. The Balaban J connectivity index is 1.63. The van der Waals surface area contributed by atoms with E-state index in [0.29, 0.717) is 11.3 Å². The van der Waals surface area contributed by atoms with E-state index in [1.54, 1.807) is 36.4 Å². The molecule has 8 heteroatoms. The van der Waals surface area contributed by atoms with Gasteiger partial charge >= 0.3 is 0 Å². The molecule has 0 radical (unpaired) electrons. The second-order valence-electron chi connectivity index (χ2n) is 6.18. The average molecular weight is 390 g/mol. The van der Waals surface area contributed by atoms with Crippen LogP contribution in [0.2, 0.25) is 0 Å². The van der Waals surface area contributed by atoms with E-state index < -0.39 is 11.4 Å². The normalized spacial score (nSPS) is 10.7. The van der Waals surface area contributed by atoms with E-state index in [2.05, 4.69) is 15.5 Å². The van der Waals surface area contributed by atoms with Crippen LogP contribution in [0.25, 0.3) is 23.0 Å². The number of carbonyl (C=O) groups excluding carboxylic acids is 1. The number of para-hydroxylation sites is 1. The Bertz CT molecular complexity index is 1220. The molecule has 7 nitrogen and oxygen atoms in total. The number of rotatable bonds is 5. The van der Waals surface area contributed by atoms with Crippen LogP contribution in [0.5, 0.6) is 0 Å². The van der Waals surface area contributed by atoms with Crippen LogP contribution in [-0.2, 0) is 11.3 Å². The second kappa shape index (κ2) is 7.89. The molecule has 0 atom stereocenters. The first-order valence-electron chi connectivity index (χ1n) is 8.75. The van der Waals surface area contributed by atoms with Gasteiger partial charge in [-0.1, -0.05) is 41.6 Å². The summed E-state index contributed by atoms with van der Waals surface area (Å²) in [7, 11) is 0. The number of aromatic nitrogens is 3. The molecule has 0 aliphatic rings. The molecule has 0 saturated carbocycles. The molecule has 29 heavy (non-hydrogen) atoms. The minimum Gasteiger partial charge on any atom is -0.332 e. The monoisotopic (exact) mass is 390 g/mol. The summed E-state index contributed by atoms with van der Waals surface area (Å²) in [6, 6.07) is 19.1. The zero-order valence-electron chi connectivity index (χ0n) is 15.1. The molecule has 0 aliphatic carbocycles. The maximum atomic E-state index is 13.4. The average Bonchev–Trinajstić information content (AvgIpc) is 3.20. The molecular formula is C21H15FN4O3. The van der Waals surface area contributed by atoms with Crippen molar-refractivity contribution in [1.29, 1.82) is 0 Å². The predicted molar refractivity (Wildman–Crippen MR) is 104 cm³/mol. The topological polar surface area (TPSA) is 90.0 Å². The Hall–Kier alpha value is -4.07. The van der Waals surface area contributed by atoms with Gasteiger partial charge in [0.1, 0.15) is 18.1 Å². The summed E-state index contributed by atoms with van der Waals surface area (Å²) in [5, 5.41) is 6.58. The molecule has 1 N–H and O–H groups in total. The van der Waals surface area contributed by atoms with Crippen molar-refractivity contribution in [1.82, 2.24) is 14.7 Å². The third-order valence-electron chi connectivity index (χ3n) is 4.14. The highest BCUT2D eigenvalue weighted by molar-refractivity contribution is 5.90. The van der Waals surface area contributed by atoms with Gasteiger partial charge in [0, 0.05) is 17.3 Å². The third kappa shape index (κ3) is 4.11. The minimum absolute atomic E-state index is 0.0504. The first-order chi connectivity index (χ1) is 14.1. The number of hydrogen-bond donors (Lipinski definition) is 1. The molecular weight excluding hydrogens is 375 g/mol. The Kier molecular flexibility index (Phi) is 4.98. The SMILES string of the molecule is O=C(Cn1c(-c2nc(-c3cccc(F)c3)no2)cccc1=O)Nc1ccccc1. The van der Waals surface area contributed by atoms with Gasteiger partial charge in [0.2, 0.25) is 11.7 Å². The number of amides is 1. The van der Waals surface area contributed by atoms with Gasteiger partial charge in [0.15, 0.2) is 0 Å². The van der Waals surface area contributed by atoms with E-state index >= 15 is 0 Å². The fourth-order valence-corrected chi connectivity index (χ4v) is 2.81. The summed E-state index contributed by atoms with van der Waals surface area (Å²) in [6.45, 7) is -0.235. The van der Waals surface area contributed by atoms with Crippen LogP contribution in [0.4, 0.5) is 10.1 Å². The summed E-state index contributed by atoms with van der Waals surface area (Å²) in [5.74, 6) is -0.579. The molecule has 0 aliphatic heterocycles. The number of carbonyl (C=O) groups is 1. The van der Waals surface area contributed by atoms with E-state index in [4.69, 9.17) is 4.52 Å². The maximum Gasteiger partial charge on any atom is 0.274 e. The molecule has 144 valence electrons. The number of nitrogens with zero attached hydrogens (tertiary/aromatic N) is 3. The molecule has 2 aromatic carbocycles.